The minimum atomic E-state index is -0.475. The highest BCUT2D eigenvalue weighted by atomic mass is 16.6. The van der Waals surface area contributed by atoms with Crippen LogP contribution < -0.4 is 4.74 Å². The zero-order valence-electron chi connectivity index (χ0n) is 12.3. The third kappa shape index (κ3) is 2.91. The van der Waals surface area contributed by atoms with E-state index in [1.165, 1.54) is 13.2 Å². The fraction of sp³-hybridized carbons (Fsp3) is 0.286. The van der Waals surface area contributed by atoms with Crippen LogP contribution in [-0.4, -0.2) is 28.0 Å². The molecule has 21 heavy (non-hydrogen) atoms. The van der Waals surface area contributed by atoms with Crippen molar-refractivity contribution in [3.63, 3.8) is 0 Å². The van der Waals surface area contributed by atoms with E-state index in [4.69, 9.17) is 4.74 Å². The Morgan fingerprint density at radius 3 is 2.67 bits per heavy atom. The van der Waals surface area contributed by atoms with E-state index >= 15 is 0 Å². The van der Waals surface area contributed by atoms with E-state index in [-0.39, 0.29) is 11.4 Å². The van der Waals surface area contributed by atoms with Crippen LogP contribution in [0.5, 0.6) is 5.75 Å². The summed E-state index contributed by atoms with van der Waals surface area (Å²) in [5, 5.41) is 15.3. The summed E-state index contributed by atoms with van der Waals surface area (Å²) in [6.45, 7) is 3.79. The summed E-state index contributed by atoms with van der Waals surface area (Å²) in [7, 11) is 3.25. The molecule has 0 aliphatic carbocycles. The van der Waals surface area contributed by atoms with Gasteiger partial charge in [0.1, 0.15) is 5.69 Å². The van der Waals surface area contributed by atoms with E-state index in [9.17, 15) is 10.1 Å². The highest BCUT2D eigenvalue weighted by Crippen LogP contribution is 2.27. The van der Waals surface area contributed by atoms with Crippen LogP contribution in [0.4, 0.5) is 11.4 Å². The molecule has 1 aromatic heterocycles. The molecular formula is C14H16N4O3. The number of nitro groups is 1. The van der Waals surface area contributed by atoms with Gasteiger partial charge in [-0.2, -0.15) is 5.10 Å². The Morgan fingerprint density at radius 1 is 1.43 bits per heavy atom. The Bertz CT molecular complexity index is 719. The topological polar surface area (TPSA) is 82.5 Å². The quantitative estimate of drug-likeness (QED) is 0.492. The molecule has 0 fully saturated rings. The standard InChI is InChI=1S/C14H16N4O3/c1-9-14(10(2)17(3)16-9)15-8-11-5-6-13(21-4)12(7-11)18(19)20/h5-8H,1-4H3. The number of nitrogens with zero attached hydrogens (tertiary/aromatic N) is 4. The number of ether oxygens (including phenoxy) is 1. The number of aliphatic imine (C=N–C) groups is 1. The van der Waals surface area contributed by atoms with Gasteiger partial charge >= 0.3 is 5.69 Å². The molecule has 0 bridgehead atoms. The summed E-state index contributed by atoms with van der Waals surface area (Å²) in [6.07, 6.45) is 1.59. The highest BCUT2D eigenvalue weighted by Gasteiger charge is 2.14. The van der Waals surface area contributed by atoms with Gasteiger partial charge in [0, 0.05) is 19.3 Å². The monoisotopic (exact) mass is 288 g/mol. The maximum atomic E-state index is 11.0. The molecule has 0 saturated carbocycles. The van der Waals surface area contributed by atoms with Gasteiger partial charge in [0.05, 0.1) is 23.4 Å². The van der Waals surface area contributed by atoms with Crippen LogP contribution in [0.25, 0.3) is 0 Å². The van der Waals surface area contributed by atoms with Gasteiger partial charge in [-0.15, -0.1) is 0 Å². The zero-order valence-corrected chi connectivity index (χ0v) is 12.3. The lowest BCUT2D eigenvalue weighted by Crippen LogP contribution is -1.95. The van der Waals surface area contributed by atoms with Crippen LogP contribution in [0.15, 0.2) is 23.2 Å². The second-order valence-corrected chi connectivity index (χ2v) is 4.59. The van der Waals surface area contributed by atoms with Crippen molar-refractivity contribution in [3.05, 3.63) is 45.3 Å². The van der Waals surface area contributed by atoms with Crippen molar-refractivity contribution in [2.24, 2.45) is 12.0 Å². The van der Waals surface area contributed by atoms with Crippen LogP contribution in [0.2, 0.25) is 0 Å². The van der Waals surface area contributed by atoms with Crippen molar-refractivity contribution in [1.29, 1.82) is 0 Å². The molecule has 0 spiro atoms. The lowest BCUT2D eigenvalue weighted by Gasteiger charge is -2.02. The summed E-state index contributed by atoms with van der Waals surface area (Å²) in [6, 6.07) is 4.71. The Labute approximate surface area is 122 Å². The Morgan fingerprint density at radius 2 is 2.14 bits per heavy atom. The van der Waals surface area contributed by atoms with Crippen molar-refractivity contribution in [3.8, 4) is 5.75 Å². The average Bonchev–Trinajstić information content (AvgIpc) is 2.70. The number of aryl methyl sites for hydroxylation is 2. The predicted molar refractivity (Wildman–Crippen MR) is 79.6 cm³/mol. The number of benzene rings is 1. The molecule has 2 rings (SSSR count). The van der Waals surface area contributed by atoms with Gasteiger partial charge in [0.25, 0.3) is 0 Å². The smallest absolute Gasteiger partial charge is 0.311 e. The molecule has 1 aromatic carbocycles. The molecule has 0 atom stereocenters. The van der Waals surface area contributed by atoms with Gasteiger partial charge in [-0.05, 0) is 31.5 Å². The fourth-order valence-electron chi connectivity index (χ4n) is 2.02. The summed E-state index contributed by atoms with van der Waals surface area (Å²) >= 11 is 0. The van der Waals surface area contributed by atoms with Crippen LogP contribution in [-0.2, 0) is 7.05 Å². The summed E-state index contributed by atoms with van der Waals surface area (Å²) in [5.41, 5.74) is 3.07. The van der Waals surface area contributed by atoms with Crippen molar-refractivity contribution in [1.82, 2.24) is 9.78 Å². The van der Waals surface area contributed by atoms with Gasteiger partial charge in [0.2, 0.25) is 0 Å². The molecule has 0 aliphatic rings. The van der Waals surface area contributed by atoms with Gasteiger partial charge in [-0.25, -0.2) is 0 Å². The molecule has 0 saturated heterocycles. The second-order valence-electron chi connectivity index (χ2n) is 4.59. The van der Waals surface area contributed by atoms with Crippen LogP contribution >= 0.6 is 0 Å². The van der Waals surface area contributed by atoms with Gasteiger partial charge < -0.3 is 4.74 Å². The summed E-state index contributed by atoms with van der Waals surface area (Å²) in [4.78, 5) is 14.9. The van der Waals surface area contributed by atoms with Gasteiger partial charge in [0.15, 0.2) is 5.75 Å². The van der Waals surface area contributed by atoms with E-state index in [2.05, 4.69) is 10.1 Å². The van der Waals surface area contributed by atoms with E-state index in [0.717, 1.165) is 17.1 Å². The molecular weight excluding hydrogens is 272 g/mol. The summed E-state index contributed by atoms with van der Waals surface area (Å²) in [5.74, 6) is 0.228. The van der Waals surface area contributed by atoms with E-state index < -0.39 is 4.92 Å². The number of hydrogen-bond donors (Lipinski definition) is 0. The second kappa shape index (κ2) is 5.74. The molecule has 110 valence electrons. The predicted octanol–water partition coefficient (Wildman–Crippen LogP) is 2.70. The molecule has 7 heteroatoms. The lowest BCUT2D eigenvalue weighted by molar-refractivity contribution is -0.385. The van der Waals surface area contributed by atoms with Crippen molar-refractivity contribution in [2.45, 2.75) is 13.8 Å². The number of nitro benzene ring substituents is 1. The zero-order chi connectivity index (χ0) is 15.6. The Hall–Kier alpha value is -2.70. The third-order valence-electron chi connectivity index (χ3n) is 3.21. The van der Waals surface area contributed by atoms with Crippen LogP contribution in [0.1, 0.15) is 17.0 Å². The lowest BCUT2D eigenvalue weighted by atomic mass is 10.2. The maximum Gasteiger partial charge on any atom is 0.311 e. The number of hydrogen-bond acceptors (Lipinski definition) is 5. The van der Waals surface area contributed by atoms with Gasteiger partial charge in [-0.1, -0.05) is 0 Å². The Kier molecular flexibility index (Phi) is 4.02. The molecule has 0 N–H and O–H groups in total. The molecule has 0 radical (unpaired) electrons. The van der Waals surface area contributed by atoms with Gasteiger partial charge in [-0.3, -0.25) is 19.8 Å². The highest BCUT2D eigenvalue weighted by molar-refractivity contribution is 5.84. The third-order valence-corrected chi connectivity index (χ3v) is 3.21. The van der Waals surface area contributed by atoms with Crippen LogP contribution in [0.3, 0.4) is 0 Å². The number of methoxy groups -OCH3 is 1. The molecule has 2 aromatic rings. The molecule has 7 nitrogen and oxygen atoms in total. The average molecular weight is 288 g/mol. The first-order valence-corrected chi connectivity index (χ1v) is 6.30. The Balaban J connectivity index is 2.37. The largest absolute Gasteiger partial charge is 0.490 e. The van der Waals surface area contributed by atoms with Crippen molar-refractivity contribution < 1.29 is 9.66 Å². The SMILES string of the molecule is COc1ccc(C=Nc2c(C)nn(C)c2C)cc1[N+](=O)[O-]. The molecule has 0 unspecified atom stereocenters. The van der Waals surface area contributed by atoms with E-state index in [1.54, 1.807) is 23.0 Å². The maximum absolute atomic E-state index is 11.0. The van der Waals surface area contributed by atoms with Crippen LogP contribution in [0, 0.1) is 24.0 Å². The van der Waals surface area contributed by atoms with E-state index in [1.807, 2.05) is 20.9 Å². The molecule has 0 aliphatic heterocycles. The first-order chi connectivity index (χ1) is 9.93. The van der Waals surface area contributed by atoms with E-state index in [0.29, 0.717) is 5.56 Å². The number of rotatable bonds is 4. The fourth-order valence-corrected chi connectivity index (χ4v) is 2.02. The minimum absolute atomic E-state index is 0.0823. The van der Waals surface area contributed by atoms with Crippen molar-refractivity contribution in [2.75, 3.05) is 7.11 Å². The van der Waals surface area contributed by atoms with Crippen molar-refractivity contribution >= 4 is 17.6 Å². The molecule has 1 heterocycles. The first kappa shape index (κ1) is 14.7. The molecule has 0 amide bonds. The first-order valence-electron chi connectivity index (χ1n) is 6.30. The minimum Gasteiger partial charge on any atom is -0.490 e. The normalized spacial score (nSPS) is 11.0. The summed E-state index contributed by atoms with van der Waals surface area (Å²) < 4.78 is 6.71. The number of aromatic nitrogens is 2.